The highest BCUT2D eigenvalue weighted by Gasteiger charge is 2.34. The lowest BCUT2D eigenvalue weighted by atomic mass is 10.1. The molecule has 0 aliphatic rings. The fraction of sp³-hybridized carbons (Fsp3) is 0.333. The number of hydrogen-bond donors (Lipinski definition) is 1. The number of benzene rings is 3. The van der Waals surface area contributed by atoms with E-state index >= 15 is 0 Å². The van der Waals surface area contributed by atoms with Gasteiger partial charge in [-0.2, -0.15) is 0 Å². The second-order valence-corrected chi connectivity index (χ2v) is 11.5. The Balaban J connectivity index is 2.11. The van der Waals surface area contributed by atoms with Crippen molar-refractivity contribution in [1.82, 2.24) is 10.2 Å². The van der Waals surface area contributed by atoms with E-state index in [1.807, 2.05) is 65.0 Å². The van der Waals surface area contributed by atoms with Crippen LogP contribution in [0.15, 0.2) is 71.6 Å². The van der Waals surface area contributed by atoms with Crippen molar-refractivity contribution in [3.8, 4) is 0 Å². The lowest BCUT2D eigenvalue weighted by molar-refractivity contribution is -0.140. The fourth-order valence-corrected chi connectivity index (χ4v) is 5.92. The summed E-state index contributed by atoms with van der Waals surface area (Å²) in [6, 6.07) is 18.9. The number of carbonyl (C=O) groups is 2. The summed E-state index contributed by atoms with van der Waals surface area (Å²) in [5.41, 5.74) is 4.93. The third kappa shape index (κ3) is 6.42. The number of aryl methyl sites for hydroxylation is 3. The van der Waals surface area contributed by atoms with Crippen LogP contribution in [-0.4, -0.2) is 44.8 Å². The molecule has 38 heavy (non-hydrogen) atoms. The number of nitrogens with one attached hydrogen (secondary N) is 1. The van der Waals surface area contributed by atoms with Gasteiger partial charge in [0, 0.05) is 13.6 Å². The van der Waals surface area contributed by atoms with E-state index in [1.54, 1.807) is 36.4 Å². The molecule has 0 fully saturated rings. The minimum atomic E-state index is -4.09. The molecule has 0 heterocycles. The highest BCUT2D eigenvalue weighted by atomic mass is 32.2. The summed E-state index contributed by atoms with van der Waals surface area (Å²) >= 11 is 0. The molecule has 0 aliphatic heterocycles. The first-order valence-corrected chi connectivity index (χ1v) is 14.2. The van der Waals surface area contributed by atoms with E-state index in [2.05, 4.69) is 5.32 Å². The number of sulfonamides is 1. The summed E-state index contributed by atoms with van der Waals surface area (Å²) in [4.78, 5) is 28.4. The molecule has 0 saturated heterocycles. The summed E-state index contributed by atoms with van der Waals surface area (Å²) in [5.74, 6) is -0.758. The topological polar surface area (TPSA) is 86.8 Å². The van der Waals surface area contributed by atoms with Gasteiger partial charge in [0.25, 0.3) is 10.0 Å². The summed E-state index contributed by atoms with van der Waals surface area (Å²) in [6.07, 6.45) is 0.380. The van der Waals surface area contributed by atoms with Crippen molar-refractivity contribution in [1.29, 1.82) is 0 Å². The van der Waals surface area contributed by atoms with Gasteiger partial charge in [-0.3, -0.25) is 13.9 Å². The number of nitrogens with zero attached hydrogens (tertiary/aromatic N) is 2. The average Bonchev–Trinajstić information content (AvgIpc) is 2.89. The van der Waals surface area contributed by atoms with Crippen molar-refractivity contribution in [3.63, 3.8) is 0 Å². The molecule has 8 heteroatoms. The maximum atomic E-state index is 14.0. The van der Waals surface area contributed by atoms with Crippen molar-refractivity contribution in [3.05, 3.63) is 94.5 Å². The number of carbonyl (C=O) groups excluding carboxylic acids is 2. The molecule has 0 bridgehead atoms. The van der Waals surface area contributed by atoms with Gasteiger partial charge < -0.3 is 10.2 Å². The molecule has 1 atom stereocenters. The first kappa shape index (κ1) is 28.9. The molecular formula is C30H37N3O4S. The van der Waals surface area contributed by atoms with E-state index in [0.29, 0.717) is 12.1 Å². The van der Waals surface area contributed by atoms with Crippen molar-refractivity contribution in [2.75, 3.05) is 17.9 Å². The maximum absolute atomic E-state index is 14.0. The first-order valence-electron chi connectivity index (χ1n) is 12.7. The molecule has 3 rings (SSSR count). The Bertz CT molecular complexity index is 1400. The van der Waals surface area contributed by atoms with Crippen molar-refractivity contribution in [2.45, 2.75) is 58.5 Å². The predicted molar refractivity (Wildman–Crippen MR) is 152 cm³/mol. The third-order valence-electron chi connectivity index (χ3n) is 6.80. The van der Waals surface area contributed by atoms with Crippen molar-refractivity contribution < 1.29 is 18.0 Å². The number of amides is 2. The van der Waals surface area contributed by atoms with E-state index in [1.165, 1.54) is 16.3 Å². The van der Waals surface area contributed by atoms with Crippen LogP contribution in [0.2, 0.25) is 0 Å². The number of likely N-dealkylation sites (N-methyl/N-ethyl adjacent to an activating group) is 1. The molecule has 1 N–H and O–H groups in total. The van der Waals surface area contributed by atoms with Crippen LogP contribution in [-0.2, 0) is 26.2 Å². The molecule has 0 spiro atoms. The molecule has 0 radical (unpaired) electrons. The van der Waals surface area contributed by atoms with Gasteiger partial charge in [-0.1, -0.05) is 66.6 Å². The van der Waals surface area contributed by atoms with E-state index in [-0.39, 0.29) is 17.3 Å². The summed E-state index contributed by atoms with van der Waals surface area (Å²) in [6.45, 7) is 9.16. The fourth-order valence-electron chi connectivity index (χ4n) is 4.45. The molecule has 7 nitrogen and oxygen atoms in total. The number of anilines is 1. The minimum absolute atomic E-state index is 0.0976. The van der Waals surface area contributed by atoms with Gasteiger partial charge in [0.15, 0.2) is 0 Å². The van der Waals surface area contributed by atoms with Crippen LogP contribution < -0.4 is 9.62 Å². The molecule has 202 valence electrons. The third-order valence-corrected chi connectivity index (χ3v) is 8.57. The van der Waals surface area contributed by atoms with Gasteiger partial charge in [-0.25, -0.2) is 8.42 Å². The lowest BCUT2D eigenvalue weighted by Crippen LogP contribution is -2.51. The zero-order valence-electron chi connectivity index (χ0n) is 23.0. The zero-order chi connectivity index (χ0) is 28.0. The molecule has 0 aliphatic carbocycles. The van der Waals surface area contributed by atoms with Gasteiger partial charge >= 0.3 is 0 Å². The Hall–Kier alpha value is -3.65. The van der Waals surface area contributed by atoms with Gasteiger partial charge in [0.05, 0.1) is 10.6 Å². The largest absolute Gasteiger partial charge is 0.357 e. The van der Waals surface area contributed by atoms with Crippen molar-refractivity contribution in [2.24, 2.45) is 0 Å². The van der Waals surface area contributed by atoms with Crippen LogP contribution in [0.25, 0.3) is 0 Å². The predicted octanol–water partition coefficient (Wildman–Crippen LogP) is 4.67. The lowest BCUT2D eigenvalue weighted by Gasteiger charge is -2.33. The van der Waals surface area contributed by atoms with Crippen LogP contribution in [0, 0.1) is 27.7 Å². The van der Waals surface area contributed by atoms with E-state index in [0.717, 1.165) is 27.8 Å². The van der Waals surface area contributed by atoms with E-state index < -0.39 is 28.5 Å². The standard InChI is InChI=1S/C30H37N3O4S/c1-7-27(30(35)31-6)32(19-25-12-8-10-22(3)18-25)29(34)20-33(28-13-9-11-23(4)24(28)5)38(36,37)26-16-14-21(2)15-17-26/h8-18,27H,7,19-20H2,1-6H3,(H,31,35). The van der Waals surface area contributed by atoms with Crippen LogP contribution >= 0.6 is 0 Å². The Labute approximate surface area is 226 Å². The van der Waals surface area contributed by atoms with E-state index in [9.17, 15) is 18.0 Å². The van der Waals surface area contributed by atoms with Gasteiger partial charge in [-0.05, 0) is 69.0 Å². The average molecular weight is 536 g/mol. The second-order valence-electron chi connectivity index (χ2n) is 9.59. The second kappa shape index (κ2) is 12.3. The highest BCUT2D eigenvalue weighted by molar-refractivity contribution is 7.92. The van der Waals surface area contributed by atoms with Crippen LogP contribution in [0.4, 0.5) is 5.69 Å². The summed E-state index contributed by atoms with van der Waals surface area (Å²) in [5, 5.41) is 2.65. The molecule has 1 unspecified atom stereocenters. The molecular weight excluding hydrogens is 498 g/mol. The first-order chi connectivity index (χ1) is 18.0. The molecule has 2 amide bonds. The summed E-state index contributed by atoms with van der Waals surface area (Å²) in [7, 11) is -2.56. The minimum Gasteiger partial charge on any atom is -0.357 e. The number of hydrogen-bond acceptors (Lipinski definition) is 4. The Morgan fingerprint density at radius 2 is 1.55 bits per heavy atom. The van der Waals surface area contributed by atoms with Crippen molar-refractivity contribution >= 4 is 27.5 Å². The summed E-state index contributed by atoms with van der Waals surface area (Å²) < 4.78 is 29.1. The maximum Gasteiger partial charge on any atom is 0.264 e. The monoisotopic (exact) mass is 535 g/mol. The molecule has 0 saturated carbocycles. The Morgan fingerprint density at radius 1 is 0.895 bits per heavy atom. The van der Waals surface area contributed by atoms with Gasteiger partial charge in [0.1, 0.15) is 12.6 Å². The normalized spacial score (nSPS) is 12.1. The molecule has 3 aromatic carbocycles. The van der Waals surface area contributed by atoms with Gasteiger partial charge in [0.2, 0.25) is 11.8 Å². The van der Waals surface area contributed by atoms with Gasteiger partial charge in [-0.15, -0.1) is 0 Å². The Kier molecular flexibility index (Phi) is 9.33. The quantitative estimate of drug-likeness (QED) is 0.409. The molecule has 3 aromatic rings. The molecule has 0 aromatic heterocycles. The smallest absolute Gasteiger partial charge is 0.264 e. The highest BCUT2D eigenvalue weighted by Crippen LogP contribution is 2.29. The van der Waals surface area contributed by atoms with Crippen LogP contribution in [0.1, 0.15) is 41.2 Å². The zero-order valence-corrected chi connectivity index (χ0v) is 23.8. The van der Waals surface area contributed by atoms with Crippen LogP contribution in [0.3, 0.4) is 0 Å². The van der Waals surface area contributed by atoms with Crippen LogP contribution in [0.5, 0.6) is 0 Å². The number of rotatable bonds is 10. The SMILES string of the molecule is CCC(C(=O)NC)N(Cc1cccc(C)c1)C(=O)CN(c1cccc(C)c1C)S(=O)(=O)c1ccc(C)cc1. The Morgan fingerprint density at radius 3 is 2.16 bits per heavy atom. The van der Waals surface area contributed by atoms with E-state index in [4.69, 9.17) is 0 Å².